The maximum absolute atomic E-state index is 5.40. The Hall–Kier alpha value is -2.73. The predicted molar refractivity (Wildman–Crippen MR) is 96.4 cm³/mol. The average Bonchev–Trinajstić information content (AvgIpc) is 3.17. The minimum absolute atomic E-state index is 0.668. The van der Waals surface area contributed by atoms with E-state index in [1.807, 2.05) is 18.2 Å². The molecule has 0 bridgehead atoms. The minimum atomic E-state index is 0.668. The fourth-order valence-corrected chi connectivity index (χ4v) is 2.97. The topological polar surface area (TPSA) is 56.1 Å². The molecule has 6 nitrogen and oxygen atoms in total. The number of benzene rings is 2. The van der Waals surface area contributed by atoms with E-state index >= 15 is 0 Å². The molecule has 0 amide bonds. The van der Waals surface area contributed by atoms with Crippen molar-refractivity contribution >= 4 is 5.69 Å². The van der Waals surface area contributed by atoms with Crippen molar-refractivity contribution in [3.05, 3.63) is 60.2 Å². The van der Waals surface area contributed by atoms with Gasteiger partial charge in [-0.15, -0.1) is 10.2 Å². The number of ether oxygens (including phenoxy) is 1. The summed E-state index contributed by atoms with van der Waals surface area (Å²) in [6, 6.07) is 18.7. The van der Waals surface area contributed by atoms with Gasteiger partial charge in [-0.1, -0.05) is 30.3 Å². The molecule has 25 heavy (non-hydrogen) atoms. The molecule has 0 aliphatic carbocycles. The van der Waals surface area contributed by atoms with Crippen LogP contribution in [0.4, 0.5) is 5.69 Å². The summed E-state index contributed by atoms with van der Waals surface area (Å²) >= 11 is 0. The lowest BCUT2D eigenvalue weighted by Gasteiger charge is -2.28. The van der Waals surface area contributed by atoms with Crippen molar-refractivity contribution in [3.63, 3.8) is 0 Å². The van der Waals surface area contributed by atoms with Crippen LogP contribution in [0.3, 0.4) is 0 Å². The van der Waals surface area contributed by atoms with Crippen LogP contribution in [0.25, 0.3) is 11.4 Å². The first-order chi connectivity index (χ1) is 12.4. The zero-order chi connectivity index (χ0) is 16.9. The second-order valence-corrected chi connectivity index (χ2v) is 6.09. The summed E-state index contributed by atoms with van der Waals surface area (Å²) in [6.45, 7) is 4.18. The maximum Gasteiger partial charge on any atom is 0.204 e. The summed E-state index contributed by atoms with van der Waals surface area (Å²) in [4.78, 5) is 4.00. The van der Waals surface area contributed by atoms with E-state index in [2.05, 4.69) is 56.7 Å². The van der Waals surface area contributed by atoms with Gasteiger partial charge in [-0.3, -0.25) is 0 Å². The van der Waals surface area contributed by atoms with Gasteiger partial charge in [-0.05, 0) is 41.5 Å². The molecule has 0 radical (unpaired) electrons. The SMILES string of the molecule is c1ccc(CCn2nnc(-c3ccc(N4CCOCC4)cc3)n2)cc1. The largest absolute Gasteiger partial charge is 0.378 e. The van der Waals surface area contributed by atoms with Gasteiger partial charge in [0.15, 0.2) is 0 Å². The first-order valence-corrected chi connectivity index (χ1v) is 8.63. The first kappa shape index (κ1) is 15.8. The summed E-state index contributed by atoms with van der Waals surface area (Å²) in [5, 5.41) is 12.9. The molecule has 0 N–H and O–H groups in total. The zero-order valence-corrected chi connectivity index (χ0v) is 14.1. The Morgan fingerprint density at radius 3 is 2.44 bits per heavy atom. The van der Waals surface area contributed by atoms with Gasteiger partial charge in [0.1, 0.15) is 0 Å². The Morgan fingerprint density at radius 2 is 1.68 bits per heavy atom. The highest BCUT2D eigenvalue weighted by molar-refractivity contribution is 5.59. The lowest BCUT2D eigenvalue weighted by atomic mass is 10.1. The van der Waals surface area contributed by atoms with Crippen LogP contribution in [0.5, 0.6) is 0 Å². The molecule has 0 spiro atoms. The van der Waals surface area contributed by atoms with Crippen molar-refractivity contribution in [2.45, 2.75) is 13.0 Å². The van der Waals surface area contributed by atoms with E-state index in [4.69, 9.17) is 4.74 Å². The number of rotatable bonds is 5. The molecule has 2 aromatic carbocycles. The smallest absolute Gasteiger partial charge is 0.204 e. The van der Waals surface area contributed by atoms with Crippen LogP contribution in [0, 0.1) is 0 Å². The molecule has 4 rings (SSSR count). The first-order valence-electron chi connectivity index (χ1n) is 8.63. The predicted octanol–water partition coefficient (Wildman–Crippen LogP) is 2.42. The fraction of sp³-hybridized carbons (Fsp3) is 0.316. The van der Waals surface area contributed by atoms with Crippen LogP contribution in [0.2, 0.25) is 0 Å². The molecule has 1 fully saturated rings. The average molecular weight is 335 g/mol. The number of aryl methyl sites for hydroxylation is 2. The molecule has 0 atom stereocenters. The molecule has 128 valence electrons. The number of anilines is 1. The summed E-state index contributed by atoms with van der Waals surface area (Å²) in [7, 11) is 0. The van der Waals surface area contributed by atoms with Gasteiger partial charge in [-0.2, -0.15) is 4.80 Å². The maximum atomic E-state index is 5.40. The van der Waals surface area contributed by atoms with Crippen LogP contribution in [0.15, 0.2) is 54.6 Å². The molecule has 1 aromatic heterocycles. The highest BCUT2D eigenvalue weighted by Crippen LogP contribution is 2.21. The van der Waals surface area contributed by atoms with Crippen molar-refractivity contribution in [1.82, 2.24) is 20.2 Å². The Kier molecular flexibility index (Phi) is 4.70. The van der Waals surface area contributed by atoms with E-state index in [1.165, 1.54) is 11.3 Å². The van der Waals surface area contributed by atoms with Gasteiger partial charge in [0.2, 0.25) is 5.82 Å². The summed E-state index contributed by atoms with van der Waals surface area (Å²) < 4.78 is 5.40. The highest BCUT2D eigenvalue weighted by Gasteiger charge is 2.12. The lowest BCUT2D eigenvalue weighted by molar-refractivity contribution is 0.122. The third-order valence-electron chi connectivity index (χ3n) is 4.40. The number of hydrogen-bond donors (Lipinski definition) is 0. The summed E-state index contributed by atoms with van der Waals surface area (Å²) in [5.74, 6) is 0.668. The number of tetrazole rings is 1. The molecule has 0 saturated carbocycles. The second kappa shape index (κ2) is 7.44. The molecular formula is C19H21N5O. The number of nitrogens with zero attached hydrogens (tertiary/aromatic N) is 5. The Bertz CT molecular complexity index is 794. The van der Waals surface area contributed by atoms with E-state index in [0.717, 1.165) is 44.8 Å². The summed E-state index contributed by atoms with van der Waals surface area (Å²) in [5.41, 5.74) is 3.47. The van der Waals surface area contributed by atoms with E-state index in [1.54, 1.807) is 4.80 Å². The molecular weight excluding hydrogens is 314 g/mol. The van der Waals surface area contributed by atoms with E-state index < -0.39 is 0 Å². The van der Waals surface area contributed by atoms with Gasteiger partial charge in [0.25, 0.3) is 0 Å². The van der Waals surface area contributed by atoms with Crippen LogP contribution in [-0.4, -0.2) is 46.5 Å². The van der Waals surface area contributed by atoms with Crippen molar-refractivity contribution in [2.75, 3.05) is 31.2 Å². The molecule has 3 aromatic rings. The van der Waals surface area contributed by atoms with Crippen molar-refractivity contribution in [3.8, 4) is 11.4 Å². The third-order valence-corrected chi connectivity index (χ3v) is 4.40. The van der Waals surface area contributed by atoms with Crippen molar-refractivity contribution in [1.29, 1.82) is 0 Å². The quantitative estimate of drug-likeness (QED) is 0.717. The van der Waals surface area contributed by atoms with Gasteiger partial charge < -0.3 is 9.64 Å². The lowest BCUT2D eigenvalue weighted by Crippen LogP contribution is -2.36. The van der Waals surface area contributed by atoms with Crippen LogP contribution >= 0.6 is 0 Å². The number of hydrogen-bond acceptors (Lipinski definition) is 5. The molecule has 0 unspecified atom stereocenters. The molecule has 1 aliphatic heterocycles. The normalized spacial score (nSPS) is 14.6. The van der Waals surface area contributed by atoms with E-state index in [-0.39, 0.29) is 0 Å². The van der Waals surface area contributed by atoms with Gasteiger partial charge in [-0.25, -0.2) is 0 Å². The Balaban J connectivity index is 1.41. The number of morpholine rings is 1. The minimum Gasteiger partial charge on any atom is -0.378 e. The molecule has 6 heteroatoms. The van der Waals surface area contributed by atoms with Crippen LogP contribution in [-0.2, 0) is 17.7 Å². The van der Waals surface area contributed by atoms with Gasteiger partial charge in [0.05, 0.1) is 19.8 Å². The zero-order valence-electron chi connectivity index (χ0n) is 14.1. The van der Waals surface area contributed by atoms with E-state index in [0.29, 0.717) is 5.82 Å². The molecule has 1 saturated heterocycles. The molecule has 2 heterocycles. The fourth-order valence-electron chi connectivity index (χ4n) is 2.97. The van der Waals surface area contributed by atoms with Crippen LogP contribution < -0.4 is 4.90 Å². The van der Waals surface area contributed by atoms with Crippen LogP contribution in [0.1, 0.15) is 5.56 Å². The van der Waals surface area contributed by atoms with Gasteiger partial charge >= 0.3 is 0 Å². The second-order valence-electron chi connectivity index (χ2n) is 6.09. The highest BCUT2D eigenvalue weighted by atomic mass is 16.5. The van der Waals surface area contributed by atoms with E-state index in [9.17, 15) is 0 Å². The molecule has 1 aliphatic rings. The Labute approximate surface area is 147 Å². The van der Waals surface area contributed by atoms with Crippen molar-refractivity contribution in [2.24, 2.45) is 0 Å². The van der Waals surface area contributed by atoms with Gasteiger partial charge in [0, 0.05) is 24.3 Å². The Morgan fingerprint density at radius 1 is 0.920 bits per heavy atom. The van der Waals surface area contributed by atoms with Crippen molar-refractivity contribution < 1.29 is 4.74 Å². The summed E-state index contributed by atoms with van der Waals surface area (Å²) in [6.07, 6.45) is 0.895. The third kappa shape index (κ3) is 3.85. The monoisotopic (exact) mass is 335 g/mol. The standard InChI is InChI=1S/C19H21N5O/c1-2-4-16(5-3-1)10-11-24-21-19(20-22-24)17-6-8-18(9-7-17)23-12-14-25-15-13-23/h1-9H,10-15H2. The number of aromatic nitrogens is 4.